The maximum atomic E-state index is 4.71. The Bertz CT molecular complexity index is 4530. The first-order chi connectivity index (χ1) is 42.5. The average molecular weight is 1500 g/mol. The normalized spacial score (nSPS) is 20.6. The molecule has 12 nitrogen and oxygen atoms in total. The van der Waals surface area contributed by atoms with Crippen molar-refractivity contribution in [2.45, 2.75) is 21.9 Å². The molecule has 2 aliphatic heterocycles. The van der Waals surface area contributed by atoms with E-state index in [0.29, 0.717) is 0 Å². The number of rotatable bonds is 8. The molecule has 18 rings (SSSR count). The van der Waals surface area contributed by atoms with Crippen LogP contribution in [0.15, 0.2) is 257 Å². The largest absolute Gasteiger partial charge is 0.581 e. The van der Waals surface area contributed by atoms with Crippen LogP contribution in [0.2, 0.25) is 0 Å². The van der Waals surface area contributed by atoms with E-state index in [4.69, 9.17) is 5.10 Å². The minimum atomic E-state index is -0.731. The van der Waals surface area contributed by atoms with Crippen LogP contribution in [0.1, 0.15) is 78.1 Å². The summed E-state index contributed by atoms with van der Waals surface area (Å²) in [6, 6.07) is 67.9. The van der Waals surface area contributed by atoms with Crippen LogP contribution in [0.4, 0.5) is 0 Å². The van der Waals surface area contributed by atoms with E-state index in [9.17, 15) is 0 Å². The van der Waals surface area contributed by atoms with E-state index in [1.165, 1.54) is 44.5 Å². The van der Waals surface area contributed by atoms with Crippen molar-refractivity contribution in [2.24, 2.45) is 0 Å². The monoisotopic (exact) mass is 1500 g/mol. The Morgan fingerprint density at radius 2 is 0.784 bits per heavy atom. The summed E-state index contributed by atoms with van der Waals surface area (Å²) in [6.45, 7) is 4.28. The van der Waals surface area contributed by atoms with Crippen molar-refractivity contribution < 1.29 is 42.1 Å². The zero-order valence-corrected chi connectivity index (χ0v) is 51.9. The molecule has 4 unspecified atom stereocenters. The fourth-order valence-corrected chi connectivity index (χ4v) is 15.2. The van der Waals surface area contributed by atoms with Crippen molar-refractivity contribution in [1.29, 1.82) is 0 Å². The summed E-state index contributed by atoms with van der Waals surface area (Å²) in [6.07, 6.45) is 27.5. The van der Waals surface area contributed by atoms with Crippen molar-refractivity contribution in [3.8, 4) is 44.5 Å². The third-order valence-corrected chi connectivity index (χ3v) is 18.6. The van der Waals surface area contributed by atoms with Crippen LogP contribution in [0.5, 0.6) is 0 Å². The topological polar surface area (TPSA) is 119 Å². The Kier molecular flexibility index (Phi) is 13.2. The molecule has 8 heterocycles. The fourth-order valence-electron chi connectivity index (χ4n) is 15.2. The number of aromatic nitrogens is 8. The Labute approximate surface area is 539 Å². The van der Waals surface area contributed by atoms with Crippen LogP contribution in [0, 0.1) is 25.5 Å². The summed E-state index contributed by atoms with van der Waals surface area (Å²) in [5, 5.41) is 17.9. The van der Waals surface area contributed by atoms with Crippen molar-refractivity contribution in [2.75, 3.05) is 14.1 Å². The van der Waals surface area contributed by atoms with Gasteiger partial charge in [0.05, 0.1) is 16.4 Å². The SMILES string of the molecule is CN1C=CN(C2(c3[c-]c(C4(c5cc[n-]n5)c5ccccc5-c5ccncc54)ccc3)c3ccccc3-c3ccncc32)[CH-]1.CN1C=CN(C2(c3c[c-]c(C4(c5cc[n-]n5)c5ccccc5-c5ccncc54)cc3)c3ccccc3-c3ccncc32)[CH-]1.[Pt].[Pt]. The molecular formula is C74H50N12Pt2-6. The van der Waals surface area contributed by atoms with Gasteiger partial charge < -0.3 is 40.0 Å². The van der Waals surface area contributed by atoms with Crippen molar-refractivity contribution in [3.63, 3.8) is 0 Å². The van der Waals surface area contributed by atoms with Gasteiger partial charge in [0.25, 0.3) is 0 Å². The molecule has 0 radical (unpaired) electrons. The van der Waals surface area contributed by atoms with Gasteiger partial charge in [0.15, 0.2) is 0 Å². The number of fused-ring (bicyclic) bond motifs is 12. The zero-order valence-electron chi connectivity index (χ0n) is 47.4. The second-order valence-corrected chi connectivity index (χ2v) is 22.6. The zero-order chi connectivity index (χ0) is 57.2. The molecule has 0 spiro atoms. The molecule has 432 valence electrons. The van der Waals surface area contributed by atoms with Gasteiger partial charge in [0, 0.05) is 114 Å². The van der Waals surface area contributed by atoms with E-state index < -0.39 is 21.9 Å². The van der Waals surface area contributed by atoms with Crippen molar-refractivity contribution in [1.82, 2.24) is 59.9 Å². The predicted molar refractivity (Wildman–Crippen MR) is 328 cm³/mol. The molecule has 0 bridgehead atoms. The van der Waals surface area contributed by atoms with E-state index >= 15 is 0 Å². The summed E-state index contributed by atoms with van der Waals surface area (Å²) in [5.74, 6) is 0. The second kappa shape index (κ2) is 21.1. The number of nitrogens with zero attached hydrogens (tertiary/aromatic N) is 12. The van der Waals surface area contributed by atoms with E-state index in [2.05, 4.69) is 277 Å². The molecular weight excluding hydrogens is 1450 g/mol. The van der Waals surface area contributed by atoms with E-state index in [1.54, 1.807) is 12.4 Å². The summed E-state index contributed by atoms with van der Waals surface area (Å²) < 4.78 is 0. The van der Waals surface area contributed by atoms with Gasteiger partial charge in [0.2, 0.25) is 0 Å². The quantitative estimate of drug-likeness (QED) is 0.135. The molecule has 6 aromatic carbocycles. The Hall–Kier alpha value is -9.60. The first-order valence-electron chi connectivity index (χ1n) is 28.7. The van der Waals surface area contributed by atoms with E-state index in [1.807, 2.05) is 61.7 Å². The van der Waals surface area contributed by atoms with E-state index in [-0.39, 0.29) is 42.1 Å². The molecule has 6 aromatic heterocycles. The van der Waals surface area contributed by atoms with Crippen LogP contribution in [-0.2, 0) is 64.0 Å². The molecule has 6 aliphatic rings. The molecule has 14 heteroatoms. The first-order valence-corrected chi connectivity index (χ1v) is 28.7. The van der Waals surface area contributed by atoms with Crippen LogP contribution in [-0.4, -0.2) is 63.8 Å². The van der Waals surface area contributed by atoms with Gasteiger partial charge in [-0.05, 0) is 147 Å². The van der Waals surface area contributed by atoms with Gasteiger partial charge in [-0.25, -0.2) is 0 Å². The third kappa shape index (κ3) is 7.39. The maximum Gasteiger partial charge on any atom is 0.0701 e. The van der Waals surface area contributed by atoms with Gasteiger partial charge in [-0.1, -0.05) is 109 Å². The summed E-state index contributed by atoms with van der Waals surface area (Å²) in [7, 11) is 4.11. The first kappa shape index (κ1) is 55.0. The summed E-state index contributed by atoms with van der Waals surface area (Å²) in [4.78, 5) is 27.2. The van der Waals surface area contributed by atoms with Crippen molar-refractivity contribution in [3.05, 3.63) is 360 Å². The maximum absolute atomic E-state index is 4.71. The summed E-state index contributed by atoms with van der Waals surface area (Å²) in [5.41, 5.74) is 21.8. The second-order valence-electron chi connectivity index (χ2n) is 22.6. The standard InChI is InChI=1S/2C37H25N6.2Pt/c1-42-19-20-43(24-42)37(32-12-5-3-10-28(32)30-14-17-39-23-34(30)37)26-8-6-7-25(21-26)36(35-15-18-40-41-35)31-11-4-2-9-27(31)29-13-16-38-22-33(29)36;1-42-20-21-43(24-42)37(32-9-5-3-7-28(32)30-15-18-39-23-34(30)37)26-12-10-25(11-13-26)36(35-16-19-40-41-35)31-8-4-2-6-27(31)29-14-17-38-22-33(29)36;;/h2-20,22-24H,1H3;2-10,12-24H,1H3;;/q2*-3;;. The molecule has 0 saturated heterocycles. The number of hydrogen-bond donors (Lipinski definition) is 0. The van der Waals surface area contributed by atoms with Crippen LogP contribution in [0.25, 0.3) is 44.5 Å². The van der Waals surface area contributed by atoms with Gasteiger partial charge in [-0.3, -0.25) is 19.9 Å². The smallest absolute Gasteiger partial charge is 0.0701 e. The number of pyridine rings is 4. The number of hydrogen-bond acceptors (Lipinski definition) is 10. The molecule has 0 N–H and O–H groups in total. The molecule has 4 atom stereocenters. The molecule has 88 heavy (non-hydrogen) atoms. The van der Waals surface area contributed by atoms with E-state index in [0.717, 1.165) is 78.1 Å². The Balaban J connectivity index is 0.000000144. The minimum absolute atomic E-state index is 0. The predicted octanol–water partition coefficient (Wildman–Crippen LogP) is 12.2. The van der Waals surface area contributed by atoms with Gasteiger partial charge in [0.1, 0.15) is 0 Å². The van der Waals surface area contributed by atoms with Crippen LogP contribution >= 0.6 is 0 Å². The average Bonchev–Trinajstić information content (AvgIpc) is 1.68. The summed E-state index contributed by atoms with van der Waals surface area (Å²) >= 11 is 0. The Morgan fingerprint density at radius 1 is 0.375 bits per heavy atom. The molecule has 0 amide bonds. The third-order valence-electron chi connectivity index (χ3n) is 18.6. The van der Waals surface area contributed by atoms with Crippen molar-refractivity contribution >= 4 is 0 Å². The van der Waals surface area contributed by atoms with Gasteiger partial charge >= 0.3 is 0 Å². The molecule has 0 fully saturated rings. The molecule has 0 saturated carbocycles. The van der Waals surface area contributed by atoms with Gasteiger partial charge in [-0.2, -0.15) is 74.3 Å². The minimum Gasteiger partial charge on any atom is -0.581 e. The fraction of sp³-hybridized carbons (Fsp3) is 0.0811. The van der Waals surface area contributed by atoms with Crippen LogP contribution in [0.3, 0.4) is 0 Å². The molecule has 12 aromatic rings. The Morgan fingerprint density at radius 3 is 1.25 bits per heavy atom. The van der Waals surface area contributed by atoms with Crippen LogP contribution < -0.4 is 10.2 Å². The number of benzene rings is 6. The van der Waals surface area contributed by atoms with Gasteiger partial charge in [-0.15, -0.1) is 22.3 Å². The molecule has 4 aliphatic carbocycles.